The normalized spacial score (nSPS) is 42.7. The lowest BCUT2D eigenvalue weighted by atomic mass is 9.71. The molecule has 1 spiro atoms. The van der Waals surface area contributed by atoms with E-state index in [4.69, 9.17) is 14.2 Å². The van der Waals surface area contributed by atoms with Gasteiger partial charge in [0.05, 0.1) is 12.2 Å². The molecule has 4 aliphatic rings. The Bertz CT molecular complexity index is 1160. The Morgan fingerprint density at radius 3 is 2.63 bits per heavy atom. The van der Waals surface area contributed by atoms with E-state index in [1.165, 1.54) is 11.1 Å². The van der Waals surface area contributed by atoms with Crippen molar-refractivity contribution in [1.29, 1.82) is 0 Å². The minimum atomic E-state index is -1.63. The lowest BCUT2D eigenvalue weighted by Crippen LogP contribution is -2.55. The van der Waals surface area contributed by atoms with E-state index in [0.29, 0.717) is 42.7 Å². The van der Waals surface area contributed by atoms with Crippen LogP contribution in [0.3, 0.4) is 0 Å². The second-order valence-electron chi connectivity index (χ2n) is 13.0. The highest BCUT2D eigenvalue weighted by atomic mass is 16.7. The number of allylic oxidation sites excluding steroid dienone is 6. The molecule has 3 aliphatic heterocycles. The summed E-state index contributed by atoms with van der Waals surface area (Å²) < 4.78 is 19.8. The molecule has 8 atom stereocenters. The van der Waals surface area contributed by atoms with Crippen molar-refractivity contribution in [1.82, 2.24) is 0 Å². The highest BCUT2D eigenvalue weighted by Crippen LogP contribution is 2.45. The number of carbonyl (C=O) groups is 2. The number of carbonyl (C=O) groups excluding carboxylic acids is 2. The highest BCUT2D eigenvalue weighted by molar-refractivity contribution is 5.99. The fourth-order valence-corrected chi connectivity index (χ4v) is 7.02. The quantitative estimate of drug-likeness (QED) is 0.284. The SMILES string of the molecule is C/C=C(\C)[C@H]1O[C@]2(CC[C@@H]1C)C[C@@H]1C[C@@H](C/C=C(\C)C[C@@H](C)/C=C/C=C(\CC)[C@]3(O)CC(=O)C(C)=C[C@H]3C(=O)O1)O2. The van der Waals surface area contributed by atoms with Crippen LogP contribution in [0, 0.1) is 17.8 Å². The standard InChI is InChI=1S/C35H50O6/c1-8-24(5)32-25(6)15-16-34(41-32)20-29-19-28(40-34)14-13-23(4)17-22(3)11-10-12-27(9-2)35(38)21-31(36)26(7)18-30(35)33(37)39-29/h8,10-13,18,22,25,28-30,32,38H,9,14-17,19-21H2,1-7H3/b11-10+,23-13+,24-8+,27-12+/t22-,25-,28+,29-,30-,32+,34+,35+/m0/s1. The molecule has 6 heteroatoms. The van der Waals surface area contributed by atoms with Gasteiger partial charge in [0.25, 0.3) is 0 Å². The Labute approximate surface area is 246 Å². The van der Waals surface area contributed by atoms with Gasteiger partial charge in [-0.2, -0.15) is 0 Å². The van der Waals surface area contributed by atoms with E-state index in [1.54, 1.807) is 13.0 Å². The number of fused-ring (bicyclic) bond motifs is 3. The number of Topliss-reactive ketones (excluding diaryl/α,β-unsaturated/α-hetero) is 1. The summed E-state index contributed by atoms with van der Waals surface area (Å²) in [5.41, 5.74) is 1.98. The number of hydrogen-bond acceptors (Lipinski definition) is 6. The minimum absolute atomic E-state index is 0.0519. The smallest absolute Gasteiger partial charge is 0.316 e. The number of rotatable bonds is 2. The topological polar surface area (TPSA) is 82.1 Å². The molecule has 1 N–H and O–H groups in total. The van der Waals surface area contributed by atoms with Crippen LogP contribution in [0.2, 0.25) is 0 Å². The Morgan fingerprint density at radius 2 is 1.93 bits per heavy atom. The average molecular weight is 567 g/mol. The van der Waals surface area contributed by atoms with Gasteiger partial charge in [0.2, 0.25) is 0 Å². The lowest BCUT2D eigenvalue weighted by molar-refractivity contribution is -0.329. The molecule has 41 heavy (non-hydrogen) atoms. The summed E-state index contributed by atoms with van der Waals surface area (Å²) in [4.78, 5) is 26.7. The summed E-state index contributed by atoms with van der Waals surface area (Å²) in [5.74, 6) is -1.79. The van der Waals surface area contributed by atoms with Crippen LogP contribution in [0.5, 0.6) is 0 Å². The maximum Gasteiger partial charge on any atom is 0.316 e. The van der Waals surface area contributed by atoms with E-state index in [9.17, 15) is 14.7 Å². The minimum Gasteiger partial charge on any atom is -0.462 e. The third kappa shape index (κ3) is 7.03. The molecule has 0 aromatic heterocycles. The number of esters is 1. The number of aliphatic hydroxyl groups is 1. The maximum absolute atomic E-state index is 13.9. The molecular weight excluding hydrogens is 516 g/mol. The number of hydrogen-bond donors (Lipinski definition) is 1. The van der Waals surface area contributed by atoms with Crippen molar-refractivity contribution < 1.29 is 28.9 Å². The number of ether oxygens (including phenoxy) is 3. The van der Waals surface area contributed by atoms with Crippen LogP contribution < -0.4 is 0 Å². The molecule has 1 aliphatic carbocycles. The second-order valence-corrected chi connectivity index (χ2v) is 13.0. The third-order valence-electron chi connectivity index (χ3n) is 9.57. The van der Waals surface area contributed by atoms with Crippen molar-refractivity contribution in [3.8, 4) is 0 Å². The summed E-state index contributed by atoms with van der Waals surface area (Å²) >= 11 is 0. The van der Waals surface area contributed by atoms with Crippen LogP contribution in [-0.4, -0.2) is 46.6 Å². The predicted octanol–water partition coefficient (Wildman–Crippen LogP) is 7.09. The second kappa shape index (κ2) is 12.9. The van der Waals surface area contributed by atoms with Gasteiger partial charge in [-0.05, 0) is 81.9 Å². The van der Waals surface area contributed by atoms with E-state index in [0.717, 1.165) is 19.3 Å². The van der Waals surface area contributed by atoms with Crippen molar-refractivity contribution in [2.24, 2.45) is 17.8 Å². The summed E-state index contributed by atoms with van der Waals surface area (Å²) in [6, 6.07) is 0. The first-order valence-electron chi connectivity index (χ1n) is 15.6. The van der Waals surface area contributed by atoms with Gasteiger partial charge in [-0.1, -0.05) is 62.8 Å². The molecular formula is C35H50O6. The zero-order valence-corrected chi connectivity index (χ0v) is 26.1. The molecule has 0 unspecified atom stereocenters. The Kier molecular flexibility index (Phi) is 9.98. The lowest BCUT2D eigenvalue weighted by Gasteiger charge is -2.50. The average Bonchev–Trinajstić information content (AvgIpc) is 2.92. The van der Waals surface area contributed by atoms with Crippen LogP contribution in [0.1, 0.15) is 99.8 Å². The van der Waals surface area contributed by atoms with Gasteiger partial charge in [-0.15, -0.1) is 0 Å². The molecule has 0 amide bonds. The molecule has 2 saturated heterocycles. The molecule has 3 heterocycles. The van der Waals surface area contributed by atoms with E-state index >= 15 is 0 Å². The highest BCUT2D eigenvalue weighted by Gasteiger charge is 2.51. The van der Waals surface area contributed by atoms with Gasteiger partial charge >= 0.3 is 5.97 Å². The maximum atomic E-state index is 13.9. The molecule has 2 bridgehead atoms. The van der Waals surface area contributed by atoms with Crippen molar-refractivity contribution in [3.63, 3.8) is 0 Å². The van der Waals surface area contributed by atoms with Gasteiger partial charge in [0.15, 0.2) is 11.6 Å². The number of ketones is 1. The summed E-state index contributed by atoms with van der Waals surface area (Å²) in [6.07, 6.45) is 16.0. The Morgan fingerprint density at radius 1 is 1.17 bits per heavy atom. The Hall–Kier alpha value is -2.28. The molecule has 0 saturated carbocycles. The molecule has 0 aromatic rings. The first-order valence-corrected chi connectivity index (χ1v) is 15.6. The molecule has 4 rings (SSSR count). The van der Waals surface area contributed by atoms with E-state index in [-0.39, 0.29) is 30.3 Å². The monoisotopic (exact) mass is 566 g/mol. The van der Waals surface area contributed by atoms with Crippen LogP contribution in [-0.2, 0) is 23.8 Å². The fourth-order valence-electron chi connectivity index (χ4n) is 7.02. The molecule has 0 radical (unpaired) electrons. The van der Waals surface area contributed by atoms with Gasteiger partial charge in [-0.3, -0.25) is 9.59 Å². The van der Waals surface area contributed by atoms with Crippen molar-refractivity contribution >= 4 is 11.8 Å². The van der Waals surface area contributed by atoms with Gasteiger partial charge in [-0.25, -0.2) is 0 Å². The summed E-state index contributed by atoms with van der Waals surface area (Å²) in [5, 5.41) is 12.0. The predicted molar refractivity (Wildman–Crippen MR) is 161 cm³/mol. The first-order chi connectivity index (χ1) is 19.4. The van der Waals surface area contributed by atoms with Gasteiger partial charge < -0.3 is 19.3 Å². The molecule has 2 fully saturated rings. The van der Waals surface area contributed by atoms with Crippen molar-refractivity contribution in [2.75, 3.05) is 0 Å². The van der Waals surface area contributed by atoms with Gasteiger partial charge in [0.1, 0.15) is 17.6 Å². The largest absolute Gasteiger partial charge is 0.462 e. The molecule has 226 valence electrons. The van der Waals surface area contributed by atoms with Crippen LogP contribution >= 0.6 is 0 Å². The first kappa shape index (κ1) is 31.7. The Balaban J connectivity index is 1.73. The zero-order chi connectivity index (χ0) is 29.9. The molecule has 0 aromatic carbocycles. The molecule has 6 nitrogen and oxygen atoms in total. The van der Waals surface area contributed by atoms with Gasteiger partial charge in [0, 0.05) is 25.7 Å². The third-order valence-corrected chi connectivity index (χ3v) is 9.57. The van der Waals surface area contributed by atoms with E-state index < -0.39 is 29.4 Å². The van der Waals surface area contributed by atoms with Crippen molar-refractivity contribution in [2.45, 2.75) is 130 Å². The summed E-state index contributed by atoms with van der Waals surface area (Å²) in [6.45, 7) is 14.3. The van der Waals surface area contributed by atoms with Crippen LogP contribution in [0.25, 0.3) is 0 Å². The van der Waals surface area contributed by atoms with E-state index in [1.807, 2.05) is 26.0 Å². The summed E-state index contributed by atoms with van der Waals surface area (Å²) in [7, 11) is 0. The zero-order valence-electron chi connectivity index (χ0n) is 26.1. The fraction of sp³-hybridized carbons (Fsp3) is 0.657. The van der Waals surface area contributed by atoms with Crippen LogP contribution in [0.15, 0.2) is 58.7 Å². The van der Waals surface area contributed by atoms with Crippen molar-refractivity contribution in [3.05, 3.63) is 58.7 Å². The van der Waals surface area contributed by atoms with E-state index in [2.05, 4.69) is 45.9 Å². The van der Waals surface area contributed by atoms with Crippen LogP contribution in [0.4, 0.5) is 0 Å².